The number of aromatic nitrogens is 3. The van der Waals surface area contributed by atoms with Crippen molar-refractivity contribution in [2.75, 3.05) is 5.32 Å². The van der Waals surface area contributed by atoms with Crippen molar-refractivity contribution in [1.82, 2.24) is 15.1 Å². The number of imidazole rings is 1. The molecule has 28 heavy (non-hydrogen) atoms. The van der Waals surface area contributed by atoms with E-state index in [2.05, 4.69) is 33.7 Å². The van der Waals surface area contributed by atoms with Crippen molar-refractivity contribution in [1.29, 1.82) is 0 Å². The molecule has 1 aliphatic heterocycles. The summed E-state index contributed by atoms with van der Waals surface area (Å²) in [4.78, 5) is 19.9. The van der Waals surface area contributed by atoms with E-state index < -0.39 is 0 Å². The van der Waals surface area contributed by atoms with E-state index in [1.165, 1.54) is 0 Å². The molecule has 3 heterocycles. The van der Waals surface area contributed by atoms with Crippen molar-refractivity contribution in [2.24, 2.45) is 0 Å². The third-order valence-corrected chi connectivity index (χ3v) is 5.37. The molecule has 5 rings (SSSR count). The van der Waals surface area contributed by atoms with Crippen LogP contribution in [-0.2, 0) is 11.2 Å². The summed E-state index contributed by atoms with van der Waals surface area (Å²) < 4.78 is 5.39. The zero-order chi connectivity index (χ0) is 19.4. The predicted octanol–water partition coefficient (Wildman–Crippen LogP) is 4.69. The number of fused-ring (bicyclic) bond motifs is 2. The van der Waals surface area contributed by atoms with Crippen LogP contribution in [0.3, 0.4) is 0 Å². The molecule has 4 aromatic rings. The molecule has 1 amide bonds. The lowest BCUT2D eigenvalue weighted by atomic mass is 9.90. The van der Waals surface area contributed by atoms with Crippen LogP contribution < -0.4 is 5.32 Å². The zero-order valence-electron chi connectivity index (χ0n) is 16.0. The van der Waals surface area contributed by atoms with Gasteiger partial charge in [-0.05, 0) is 62.1 Å². The Labute approximate surface area is 162 Å². The number of nitrogens with one attached hydrogen (secondary N) is 2. The van der Waals surface area contributed by atoms with Crippen LogP contribution in [0.25, 0.3) is 33.3 Å². The first kappa shape index (κ1) is 16.7. The van der Waals surface area contributed by atoms with E-state index in [1.807, 2.05) is 32.9 Å². The number of aryl methyl sites for hydroxylation is 3. The number of anilines is 1. The molecule has 140 valence electrons. The predicted molar refractivity (Wildman–Crippen MR) is 108 cm³/mol. The minimum atomic E-state index is 0.0647. The van der Waals surface area contributed by atoms with E-state index in [0.29, 0.717) is 6.42 Å². The second kappa shape index (κ2) is 6.05. The Balaban J connectivity index is 1.81. The molecule has 0 fully saturated rings. The number of hydrogen-bond donors (Lipinski definition) is 2. The maximum Gasteiger partial charge on any atom is 0.224 e. The number of carbonyl (C=O) groups excluding carboxylic acids is 1. The Morgan fingerprint density at radius 1 is 1.07 bits per heavy atom. The summed E-state index contributed by atoms with van der Waals surface area (Å²) in [5, 5.41) is 7.10. The monoisotopic (exact) mass is 372 g/mol. The first-order valence-electron chi connectivity index (χ1n) is 9.37. The summed E-state index contributed by atoms with van der Waals surface area (Å²) in [6.45, 7) is 5.84. The van der Waals surface area contributed by atoms with Gasteiger partial charge in [0.05, 0.1) is 16.7 Å². The molecular weight excluding hydrogens is 352 g/mol. The molecule has 0 aliphatic carbocycles. The minimum absolute atomic E-state index is 0.0647. The van der Waals surface area contributed by atoms with Crippen LogP contribution in [0.5, 0.6) is 0 Å². The van der Waals surface area contributed by atoms with Crippen LogP contribution in [-0.4, -0.2) is 21.0 Å². The van der Waals surface area contributed by atoms with Crippen molar-refractivity contribution in [2.45, 2.75) is 33.6 Å². The number of amides is 1. The Kier molecular flexibility index (Phi) is 3.62. The van der Waals surface area contributed by atoms with Crippen molar-refractivity contribution >= 4 is 22.6 Å². The Morgan fingerprint density at radius 3 is 2.71 bits per heavy atom. The number of nitrogens with zero attached hydrogens (tertiary/aromatic N) is 2. The highest BCUT2D eigenvalue weighted by Gasteiger charge is 2.22. The topological polar surface area (TPSA) is 83.8 Å². The normalized spacial score (nSPS) is 13.6. The third-order valence-electron chi connectivity index (χ3n) is 5.37. The SMILES string of the molecule is Cc1nc2c(-c3cccc4c3CCC(=O)N4)cc(-c3c(C)noc3C)cc2[nH]1. The Morgan fingerprint density at radius 2 is 1.93 bits per heavy atom. The average Bonchev–Trinajstić information content (AvgIpc) is 3.21. The fraction of sp³-hybridized carbons (Fsp3) is 0.227. The number of hydrogen-bond acceptors (Lipinski definition) is 4. The number of benzene rings is 2. The van der Waals surface area contributed by atoms with Gasteiger partial charge in [0.15, 0.2) is 0 Å². The van der Waals surface area contributed by atoms with Crippen LogP contribution >= 0.6 is 0 Å². The summed E-state index contributed by atoms with van der Waals surface area (Å²) >= 11 is 0. The summed E-state index contributed by atoms with van der Waals surface area (Å²) in [7, 11) is 0. The molecule has 0 saturated heterocycles. The molecule has 0 radical (unpaired) electrons. The van der Waals surface area contributed by atoms with Crippen LogP contribution in [0.1, 0.15) is 29.3 Å². The van der Waals surface area contributed by atoms with E-state index in [-0.39, 0.29) is 5.91 Å². The van der Waals surface area contributed by atoms with Crippen LogP contribution in [0.4, 0.5) is 5.69 Å². The first-order valence-corrected chi connectivity index (χ1v) is 9.37. The van der Waals surface area contributed by atoms with E-state index in [1.54, 1.807) is 0 Å². The van der Waals surface area contributed by atoms with Gasteiger partial charge in [0.1, 0.15) is 11.6 Å². The lowest BCUT2D eigenvalue weighted by molar-refractivity contribution is -0.116. The molecule has 2 aromatic carbocycles. The van der Waals surface area contributed by atoms with E-state index in [9.17, 15) is 4.79 Å². The molecular formula is C22H20N4O2. The highest BCUT2D eigenvalue weighted by molar-refractivity contribution is 6.01. The molecule has 6 heteroatoms. The van der Waals surface area contributed by atoms with E-state index >= 15 is 0 Å². The minimum Gasteiger partial charge on any atom is -0.361 e. The summed E-state index contributed by atoms with van der Waals surface area (Å²) in [6, 6.07) is 10.3. The second-order valence-electron chi connectivity index (χ2n) is 7.32. The summed E-state index contributed by atoms with van der Waals surface area (Å²) in [5.41, 5.74) is 9.00. The van der Waals surface area contributed by atoms with Gasteiger partial charge in [0.2, 0.25) is 5.91 Å². The summed E-state index contributed by atoms with van der Waals surface area (Å²) in [5.74, 6) is 1.72. The van der Waals surface area contributed by atoms with Crippen LogP contribution in [0.15, 0.2) is 34.9 Å². The van der Waals surface area contributed by atoms with Gasteiger partial charge >= 0.3 is 0 Å². The zero-order valence-corrected chi connectivity index (χ0v) is 16.0. The Hall–Kier alpha value is -3.41. The van der Waals surface area contributed by atoms with Gasteiger partial charge in [-0.25, -0.2) is 4.98 Å². The largest absolute Gasteiger partial charge is 0.361 e. The van der Waals surface area contributed by atoms with Gasteiger partial charge < -0.3 is 14.8 Å². The van der Waals surface area contributed by atoms with Gasteiger partial charge in [-0.3, -0.25) is 4.79 Å². The molecule has 1 aliphatic rings. The molecule has 0 spiro atoms. The van der Waals surface area contributed by atoms with Crippen LogP contribution in [0.2, 0.25) is 0 Å². The van der Waals surface area contributed by atoms with E-state index in [4.69, 9.17) is 9.51 Å². The molecule has 0 unspecified atom stereocenters. The standard InChI is InChI=1S/C22H20N4O2/c1-11-21(12(2)28-26-11)14-9-17(22-19(10-14)23-13(3)24-22)15-5-4-6-18-16(15)7-8-20(27)25-18/h4-6,9-10H,7-8H2,1-3H3,(H,23,24)(H,25,27). The highest BCUT2D eigenvalue weighted by Crippen LogP contribution is 2.39. The number of aromatic amines is 1. The van der Waals surface area contributed by atoms with Crippen molar-refractivity contribution in [3.8, 4) is 22.3 Å². The van der Waals surface area contributed by atoms with E-state index in [0.717, 1.165) is 68.2 Å². The lowest BCUT2D eigenvalue weighted by Gasteiger charge is -2.20. The van der Waals surface area contributed by atoms with Crippen molar-refractivity contribution in [3.63, 3.8) is 0 Å². The second-order valence-corrected chi connectivity index (χ2v) is 7.32. The fourth-order valence-electron chi connectivity index (χ4n) is 4.16. The van der Waals surface area contributed by atoms with Gasteiger partial charge in [0, 0.05) is 23.2 Å². The quantitative estimate of drug-likeness (QED) is 0.534. The molecule has 0 saturated carbocycles. The third kappa shape index (κ3) is 2.52. The van der Waals surface area contributed by atoms with Crippen molar-refractivity contribution in [3.05, 3.63) is 53.2 Å². The molecule has 6 nitrogen and oxygen atoms in total. The lowest BCUT2D eigenvalue weighted by Crippen LogP contribution is -2.19. The fourth-order valence-corrected chi connectivity index (χ4v) is 4.16. The Bertz CT molecular complexity index is 1230. The van der Waals surface area contributed by atoms with Gasteiger partial charge in [0.25, 0.3) is 0 Å². The average molecular weight is 372 g/mol. The molecule has 2 aromatic heterocycles. The molecule has 0 atom stereocenters. The van der Waals surface area contributed by atoms with Gasteiger partial charge in [-0.15, -0.1) is 0 Å². The summed E-state index contributed by atoms with van der Waals surface area (Å²) in [6.07, 6.45) is 1.22. The van der Waals surface area contributed by atoms with Crippen molar-refractivity contribution < 1.29 is 9.32 Å². The van der Waals surface area contributed by atoms with Crippen LogP contribution in [0, 0.1) is 20.8 Å². The molecule has 0 bridgehead atoms. The number of H-pyrrole nitrogens is 1. The van der Waals surface area contributed by atoms with Gasteiger partial charge in [-0.2, -0.15) is 0 Å². The first-order chi connectivity index (χ1) is 13.5. The molecule has 2 N–H and O–H groups in total. The number of rotatable bonds is 2. The highest BCUT2D eigenvalue weighted by atomic mass is 16.5. The van der Waals surface area contributed by atoms with Gasteiger partial charge in [-0.1, -0.05) is 17.3 Å². The smallest absolute Gasteiger partial charge is 0.224 e. The number of carbonyl (C=O) groups is 1. The maximum atomic E-state index is 11.8. The maximum absolute atomic E-state index is 11.8.